The van der Waals surface area contributed by atoms with Crippen LogP contribution in [0.25, 0.3) is 6.08 Å². The molecule has 0 amide bonds. The summed E-state index contributed by atoms with van der Waals surface area (Å²) in [5.74, 6) is -0.693. The molecular formula is C19H17FO5. The molecule has 0 bridgehead atoms. The summed E-state index contributed by atoms with van der Waals surface area (Å²) in [5.41, 5.74) is 0.578. The SMILES string of the molecule is COc1ccc(C(=O)COC(=O)/C=C/c2ccccc2F)cc1OC. The maximum atomic E-state index is 13.4. The molecule has 0 saturated carbocycles. The van der Waals surface area contributed by atoms with Gasteiger partial charge >= 0.3 is 5.97 Å². The van der Waals surface area contributed by atoms with Crippen LogP contribution in [0.15, 0.2) is 48.5 Å². The highest BCUT2D eigenvalue weighted by Crippen LogP contribution is 2.27. The number of esters is 1. The van der Waals surface area contributed by atoms with Crippen LogP contribution in [-0.2, 0) is 9.53 Å². The van der Waals surface area contributed by atoms with E-state index in [0.717, 1.165) is 6.08 Å². The minimum Gasteiger partial charge on any atom is -0.493 e. The van der Waals surface area contributed by atoms with Gasteiger partial charge < -0.3 is 14.2 Å². The molecule has 2 aromatic rings. The topological polar surface area (TPSA) is 61.8 Å². The zero-order chi connectivity index (χ0) is 18.2. The van der Waals surface area contributed by atoms with Gasteiger partial charge in [-0.15, -0.1) is 0 Å². The lowest BCUT2D eigenvalue weighted by Gasteiger charge is -2.09. The molecule has 0 atom stereocenters. The largest absolute Gasteiger partial charge is 0.493 e. The second-order valence-corrected chi connectivity index (χ2v) is 4.96. The van der Waals surface area contributed by atoms with Gasteiger partial charge in [0.25, 0.3) is 0 Å². The summed E-state index contributed by atoms with van der Waals surface area (Å²) in [6.07, 6.45) is 2.36. The van der Waals surface area contributed by atoms with E-state index in [1.54, 1.807) is 24.3 Å². The van der Waals surface area contributed by atoms with Gasteiger partial charge in [-0.05, 0) is 30.3 Å². The van der Waals surface area contributed by atoms with E-state index in [0.29, 0.717) is 17.1 Å². The third-order valence-electron chi connectivity index (χ3n) is 3.36. The Hall–Kier alpha value is -3.15. The van der Waals surface area contributed by atoms with E-state index in [-0.39, 0.29) is 5.56 Å². The maximum absolute atomic E-state index is 13.4. The van der Waals surface area contributed by atoms with Gasteiger partial charge in [0.05, 0.1) is 14.2 Å². The summed E-state index contributed by atoms with van der Waals surface area (Å²) in [5, 5.41) is 0. The summed E-state index contributed by atoms with van der Waals surface area (Å²) in [6.45, 7) is -0.435. The average molecular weight is 344 g/mol. The molecule has 0 fully saturated rings. The zero-order valence-corrected chi connectivity index (χ0v) is 13.8. The predicted octanol–water partition coefficient (Wildman–Crippen LogP) is 3.28. The van der Waals surface area contributed by atoms with Gasteiger partial charge in [0.2, 0.25) is 0 Å². The normalized spacial score (nSPS) is 10.5. The molecule has 130 valence electrons. The van der Waals surface area contributed by atoms with Crippen molar-refractivity contribution < 1.29 is 28.2 Å². The Morgan fingerprint density at radius 3 is 2.44 bits per heavy atom. The molecule has 0 aliphatic heterocycles. The van der Waals surface area contributed by atoms with Crippen LogP contribution in [0.5, 0.6) is 11.5 Å². The molecule has 0 N–H and O–H groups in total. The lowest BCUT2D eigenvalue weighted by atomic mass is 10.1. The van der Waals surface area contributed by atoms with Gasteiger partial charge in [0, 0.05) is 17.2 Å². The Morgan fingerprint density at radius 2 is 1.76 bits per heavy atom. The van der Waals surface area contributed by atoms with Crippen LogP contribution < -0.4 is 9.47 Å². The highest BCUT2D eigenvalue weighted by Gasteiger charge is 2.12. The Kier molecular flexibility index (Phi) is 6.28. The monoisotopic (exact) mass is 344 g/mol. The molecule has 0 radical (unpaired) electrons. The summed E-state index contributed by atoms with van der Waals surface area (Å²) < 4.78 is 28.5. The van der Waals surface area contributed by atoms with Gasteiger partial charge in [-0.25, -0.2) is 9.18 Å². The summed E-state index contributed by atoms with van der Waals surface area (Å²) in [7, 11) is 2.95. The van der Waals surface area contributed by atoms with E-state index in [1.165, 1.54) is 38.5 Å². The second kappa shape index (κ2) is 8.63. The molecule has 0 aromatic heterocycles. The third-order valence-corrected chi connectivity index (χ3v) is 3.36. The van der Waals surface area contributed by atoms with Crippen LogP contribution in [0.3, 0.4) is 0 Å². The molecule has 0 unspecified atom stereocenters. The van der Waals surface area contributed by atoms with Crippen molar-refractivity contribution in [3.63, 3.8) is 0 Å². The molecule has 2 rings (SSSR count). The predicted molar refractivity (Wildman–Crippen MR) is 90.3 cm³/mol. The number of carbonyl (C=O) groups excluding carboxylic acids is 2. The summed E-state index contributed by atoms with van der Waals surface area (Å²) in [6, 6.07) is 10.6. The van der Waals surface area contributed by atoms with Gasteiger partial charge in [-0.2, -0.15) is 0 Å². The molecule has 0 aliphatic carbocycles. The molecule has 0 saturated heterocycles. The van der Waals surface area contributed by atoms with E-state index < -0.39 is 24.2 Å². The van der Waals surface area contributed by atoms with E-state index >= 15 is 0 Å². The van der Waals surface area contributed by atoms with Crippen molar-refractivity contribution in [2.75, 3.05) is 20.8 Å². The molecule has 0 heterocycles. The Morgan fingerprint density at radius 1 is 1.04 bits per heavy atom. The molecule has 25 heavy (non-hydrogen) atoms. The standard InChI is InChI=1S/C19H17FO5/c1-23-17-9-7-14(11-18(17)24-2)16(21)12-25-19(22)10-8-13-5-3-4-6-15(13)20/h3-11H,12H2,1-2H3/b10-8+. The number of halogens is 1. The number of benzene rings is 2. The number of methoxy groups -OCH3 is 2. The van der Waals surface area contributed by atoms with Crippen molar-refractivity contribution in [2.45, 2.75) is 0 Å². The maximum Gasteiger partial charge on any atom is 0.331 e. The first kappa shape index (κ1) is 18.2. The molecule has 6 heteroatoms. The highest BCUT2D eigenvalue weighted by atomic mass is 19.1. The molecule has 0 aliphatic rings. The van der Waals surface area contributed by atoms with Gasteiger partial charge in [-0.1, -0.05) is 18.2 Å². The number of carbonyl (C=O) groups is 2. The van der Waals surface area contributed by atoms with Crippen molar-refractivity contribution in [1.29, 1.82) is 0 Å². The lowest BCUT2D eigenvalue weighted by molar-refractivity contribution is -0.136. The van der Waals surface area contributed by atoms with Crippen LogP contribution in [0, 0.1) is 5.82 Å². The highest BCUT2D eigenvalue weighted by molar-refractivity contribution is 5.99. The van der Waals surface area contributed by atoms with Gasteiger partial charge in [-0.3, -0.25) is 4.79 Å². The number of rotatable bonds is 7. The van der Waals surface area contributed by atoms with E-state index in [2.05, 4.69) is 0 Å². The summed E-state index contributed by atoms with van der Waals surface area (Å²) >= 11 is 0. The third kappa shape index (κ3) is 4.91. The zero-order valence-electron chi connectivity index (χ0n) is 13.8. The fourth-order valence-corrected chi connectivity index (χ4v) is 2.05. The molecular weight excluding hydrogens is 327 g/mol. The van der Waals surface area contributed by atoms with Crippen LogP contribution in [0.1, 0.15) is 15.9 Å². The van der Waals surface area contributed by atoms with E-state index in [4.69, 9.17) is 14.2 Å². The molecule has 5 nitrogen and oxygen atoms in total. The van der Waals surface area contributed by atoms with Crippen LogP contribution in [-0.4, -0.2) is 32.6 Å². The van der Waals surface area contributed by atoms with Crippen molar-refractivity contribution in [3.8, 4) is 11.5 Å². The Bertz CT molecular complexity index is 798. The first-order valence-corrected chi connectivity index (χ1v) is 7.39. The fourth-order valence-electron chi connectivity index (χ4n) is 2.05. The lowest BCUT2D eigenvalue weighted by Crippen LogP contribution is -2.12. The quantitative estimate of drug-likeness (QED) is 0.438. The van der Waals surface area contributed by atoms with Crippen molar-refractivity contribution >= 4 is 17.8 Å². The number of Topliss-reactive ketones (excluding diaryl/α,β-unsaturated/α-hetero) is 1. The molecule has 2 aromatic carbocycles. The van der Waals surface area contributed by atoms with Crippen molar-refractivity contribution in [3.05, 3.63) is 65.5 Å². The number of hydrogen-bond donors (Lipinski definition) is 0. The van der Waals surface area contributed by atoms with Crippen LogP contribution >= 0.6 is 0 Å². The van der Waals surface area contributed by atoms with Crippen molar-refractivity contribution in [1.82, 2.24) is 0 Å². The minimum absolute atomic E-state index is 0.255. The van der Waals surface area contributed by atoms with E-state index in [9.17, 15) is 14.0 Å². The van der Waals surface area contributed by atoms with Crippen molar-refractivity contribution in [2.24, 2.45) is 0 Å². The smallest absolute Gasteiger partial charge is 0.331 e. The number of hydrogen-bond acceptors (Lipinski definition) is 5. The first-order valence-electron chi connectivity index (χ1n) is 7.39. The van der Waals surface area contributed by atoms with Gasteiger partial charge in [0.15, 0.2) is 23.9 Å². The Labute approximate surface area is 144 Å². The van der Waals surface area contributed by atoms with Crippen LogP contribution in [0.4, 0.5) is 4.39 Å². The number of ether oxygens (including phenoxy) is 3. The fraction of sp³-hybridized carbons (Fsp3) is 0.158. The minimum atomic E-state index is -0.739. The summed E-state index contributed by atoms with van der Waals surface area (Å²) in [4.78, 5) is 23.7. The van der Waals surface area contributed by atoms with Crippen LogP contribution in [0.2, 0.25) is 0 Å². The van der Waals surface area contributed by atoms with Gasteiger partial charge in [0.1, 0.15) is 5.82 Å². The first-order chi connectivity index (χ1) is 12.0. The second-order valence-electron chi connectivity index (χ2n) is 4.96. The van der Waals surface area contributed by atoms with E-state index in [1.807, 2.05) is 0 Å². The molecule has 0 spiro atoms. The average Bonchev–Trinajstić information content (AvgIpc) is 2.64. The Balaban J connectivity index is 1.95. The number of ketones is 1.